The molecule has 0 fully saturated rings. The predicted octanol–water partition coefficient (Wildman–Crippen LogP) is 3.03. The second-order valence-corrected chi connectivity index (χ2v) is 4.73. The third kappa shape index (κ3) is 3.08. The first-order valence-corrected chi connectivity index (χ1v) is 6.80. The summed E-state index contributed by atoms with van der Waals surface area (Å²) < 4.78 is 1.69. The first-order chi connectivity index (χ1) is 11.1. The fraction of sp³-hybridized carbons (Fsp3) is 0. The molecule has 0 aliphatic carbocycles. The lowest BCUT2D eigenvalue weighted by Crippen LogP contribution is -2.13. The number of nitro groups is 1. The normalized spacial score (nSPS) is 10.3. The number of hydrogen-bond donors (Lipinski definition) is 1. The largest absolute Gasteiger partial charge is 0.322 e. The molecule has 1 heterocycles. The number of nitro benzene ring substituents is 1. The smallest absolute Gasteiger partial charge is 0.282 e. The average Bonchev–Trinajstić information content (AvgIpc) is 3.10. The molecular weight excluding hydrogens is 296 g/mol. The first-order valence-electron chi connectivity index (χ1n) is 6.80. The van der Waals surface area contributed by atoms with Gasteiger partial charge < -0.3 is 5.32 Å². The van der Waals surface area contributed by atoms with Crippen LogP contribution in [0.25, 0.3) is 5.69 Å². The zero-order chi connectivity index (χ0) is 16.2. The number of nitrogens with one attached hydrogen (secondary N) is 1. The minimum Gasteiger partial charge on any atom is -0.322 e. The van der Waals surface area contributed by atoms with Crippen molar-refractivity contribution in [1.82, 2.24) is 9.78 Å². The maximum Gasteiger partial charge on any atom is 0.282 e. The van der Waals surface area contributed by atoms with Crippen molar-refractivity contribution in [3.8, 4) is 5.69 Å². The Morgan fingerprint density at radius 1 is 1.09 bits per heavy atom. The molecule has 0 unspecified atom stereocenters. The van der Waals surface area contributed by atoms with Gasteiger partial charge in [-0.2, -0.15) is 5.10 Å². The van der Waals surface area contributed by atoms with Gasteiger partial charge in [0.1, 0.15) is 5.56 Å². The van der Waals surface area contributed by atoms with Gasteiger partial charge in [0.2, 0.25) is 0 Å². The van der Waals surface area contributed by atoms with Crippen LogP contribution in [-0.4, -0.2) is 20.6 Å². The molecule has 0 aliphatic heterocycles. The standard InChI is InChI=1S/C16H12N4O3/c21-16(14-4-1-2-5-15(14)20(22)23)18-12-6-8-13(9-7-12)19-11-3-10-17-19/h1-11H,(H,18,21). The highest BCUT2D eigenvalue weighted by Gasteiger charge is 2.19. The van der Waals surface area contributed by atoms with Gasteiger partial charge >= 0.3 is 0 Å². The number of carbonyl (C=O) groups is 1. The van der Waals surface area contributed by atoms with Crippen molar-refractivity contribution in [2.24, 2.45) is 0 Å². The van der Waals surface area contributed by atoms with Crippen molar-refractivity contribution in [2.75, 3.05) is 5.32 Å². The Labute approximate surface area is 131 Å². The van der Waals surface area contributed by atoms with Gasteiger partial charge in [0.05, 0.1) is 10.6 Å². The van der Waals surface area contributed by atoms with Crippen LogP contribution in [0.1, 0.15) is 10.4 Å². The van der Waals surface area contributed by atoms with Crippen LogP contribution in [0.15, 0.2) is 67.0 Å². The predicted molar refractivity (Wildman–Crippen MR) is 84.6 cm³/mol. The van der Waals surface area contributed by atoms with Gasteiger partial charge in [-0.15, -0.1) is 0 Å². The third-order valence-corrected chi connectivity index (χ3v) is 3.24. The van der Waals surface area contributed by atoms with Crippen LogP contribution < -0.4 is 5.32 Å². The summed E-state index contributed by atoms with van der Waals surface area (Å²) in [5.41, 5.74) is 1.19. The minimum absolute atomic E-state index is 0.0219. The van der Waals surface area contributed by atoms with E-state index >= 15 is 0 Å². The second kappa shape index (κ2) is 6.10. The van der Waals surface area contributed by atoms with E-state index in [4.69, 9.17) is 0 Å². The summed E-state index contributed by atoms with van der Waals surface area (Å²) in [6, 6.07) is 14.7. The molecule has 0 radical (unpaired) electrons. The molecule has 7 heteroatoms. The molecule has 3 aromatic rings. The fourth-order valence-corrected chi connectivity index (χ4v) is 2.14. The molecule has 114 valence electrons. The van der Waals surface area contributed by atoms with Gasteiger partial charge in [0.15, 0.2) is 0 Å². The quantitative estimate of drug-likeness (QED) is 0.592. The molecular formula is C16H12N4O3. The lowest BCUT2D eigenvalue weighted by atomic mass is 10.1. The molecule has 0 saturated heterocycles. The molecule has 1 amide bonds. The number of anilines is 1. The Balaban J connectivity index is 1.80. The van der Waals surface area contributed by atoms with Crippen molar-refractivity contribution in [3.63, 3.8) is 0 Å². The molecule has 7 nitrogen and oxygen atoms in total. The van der Waals surface area contributed by atoms with E-state index < -0.39 is 10.8 Å². The highest BCUT2D eigenvalue weighted by atomic mass is 16.6. The lowest BCUT2D eigenvalue weighted by molar-refractivity contribution is -0.385. The van der Waals surface area contributed by atoms with Crippen LogP contribution >= 0.6 is 0 Å². The molecule has 0 saturated carbocycles. The van der Waals surface area contributed by atoms with E-state index in [1.54, 1.807) is 47.4 Å². The molecule has 3 rings (SSSR count). The Morgan fingerprint density at radius 2 is 1.83 bits per heavy atom. The number of carbonyl (C=O) groups excluding carboxylic acids is 1. The number of rotatable bonds is 4. The molecule has 2 aromatic carbocycles. The van der Waals surface area contributed by atoms with Crippen molar-refractivity contribution in [1.29, 1.82) is 0 Å². The van der Waals surface area contributed by atoms with E-state index in [9.17, 15) is 14.9 Å². The zero-order valence-electron chi connectivity index (χ0n) is 11.9. The van der Waals surface area contributed by atoms with Gasteiger partial charge in [-0.1, -0.05) is 12.1 Å². The molecule has 1 N–H and O–H groups in total. The Hall–Kier alpha value is -3.48. The first kappa shape index (κ1) is 14.5. The van der Waals surface area contributed by atoms with Gasteiger partial charge in [0.25, 0.3) is 11.6 Å². The fourth-order valence-electron chi connectivity index (χ4n) is 2.14. The molecule has 0 bridgehead atoms. The lowest BCUT2D eigenvalue weighted by Gasteiger charge is -2.07. The van der Waals surface area contributed by atoms with E-state index in [-0.39, 0.29) is 11.3 Å². The summed E-state index contributed by atoms with van der Waals surface area (Å²) >= 11 is 0. The van der Waals surface area contributed by atoms with E-state index in [2.05, 4.69) is 10.4 Å². The Kier molecular flexibility index (Phi) is 3.84. The molecule has 0 aliphatic rings. The summed E-state index contributed by atoms with van der Waals surface area (Å²) in [6.45, 7) is 0. The van der Waals surface area contributed by atoms with Crippen molar-refractivity contribution in [2.45, 2.75) is 0 Å². The van der Waals surface area contributed by atoms with Gasteiger partial charge in [0, 0.05) is 24.1 Å². The Bertz CT molecular complexity index is 842. The van der Waals surface area contributed by atoms with E-state index in [0.29, 0.717) is 5.69 Å². The van der Waals surface area contributed by atoms with Crippen LogP contribution in [0.2, 0.25) is 0 Å². The SMILES string of the molecule is O=C(Nc1ccc(-n2cccn2)cc1)c1ccccc1[N+](=O)[O-]. The maximum atomic E-state index is 12.2. The minimum atomic E-state index is -0.574. The average molecular weight is 308 g/mol. The topological polar surface area (TPSA) is 90.1 Å². The number of benzene rings is 2. The molecule has 1 aromatic heterocycles. The van der Waals surface area contributed by atoms with Crippen LogP contribution in [-0.2, 0) is 0 Å². The van der Waals surface area contributed by atoms with Crippen molar-refractivity contribution in [3.05, 3.63) is 82.7 Å². The number of amides is 1. The van der Waals surface area contributed by atoms with Crippen molar-refractivity contribution >= 4 is 17.3 Å². The number of nitrogens with zero attached hydrogens (tertiary/aromatic N) is 3. The third-order valence-electron chi connectivity index (χ3n) is 3.24. The zero-order valence-corrected chi connectivity index (χ0v) is 11.9. The highest BCUT2D eigenvalue weighted by molar-refractivity contribution is 6.07. The molecule has 0 atom stereocenters. The summed E-state index contributed by atoms with van der Waals surface area (Å²) in [6.07, 6.45) is 3.48. The number of para-hydroxylation sites is 1. The van der Waals surface area contributed by atoms with E-state index in [0.717, 1.165) is 5.69 Å². The summed E-state index contributed by atoms with van der Waals surface area (Å²) in [5.74, 6) is -0.524. The van der Waals surface area contributed by atoms with Crippen LogP contribution in [0.5, 0.6) is 0 Å². The van der Waals surface area contributed by atoms with E-state index in [1.807, 2.05) is 6.07 Å². The van der Waals surface area contributed by atoms with Gasteiger partial charge in [-0.3, -0.25) is 14.9 Å². The summed E-state index contributed by atoms with van der Waals surface area (Å²) in [4.78, 5) is 22.6. The van der Waals surface area contributed by atoms with Crippen LogP contribution in [0.4, 0.5) is 11.4 Å². The van der Waals surface area contributed by atoms with E-state index in [1.165, 1.54) is 18.2 Å². The van der Waals surface area contributed by atoms with Gasteiger partial charge in [-0.05, 0) is 36.4 Å². The van der Waals surface area contributed by atoms with Crippen LogP contribution in [0, 0.1) is 10.1 Å². The van der Waals surface area contributed by atoms with Crippen LogP contribution in [0.3, 0.4) is 0 Å². The highest BCUT2D eigenvalue weighted by Crippen LogP contribution is 2.20. The second-order valence-electron chi connectivity index (χ2n) is 4.73. The van der Waals surface area contributed by atoms with Crippen molar-refractivity contribution < 1.29 is 9.72 Å². The van der Waals surface area contributed by atoms with Gasteiger partial charge in [-0.25, -0.2) is 4.68 Å². The summed E-state index contributed by atoms with van der Waals surface area (Å²) in [5, 5.41) is 17.7. The monoisotopic (exact) mass is 308 g/mol. The summed E-state index contributed by atoms with van der Waals surface area (Å²) in [7, 11) is 0. The number of hydrogen-bond acceptors (Lipinski definition) is 4. The molecule has 0 spiro atoms. The molecule has 23 heavy (non-hydrogen) atoms. The number of aromatic nitrogens is 2. The maximum absolute atomic E-state index is 12.2. The Morgan fingerprint density at radius 3 is 2.48 bits per heavy atom.